The van der Waals surface area contributed by atoms with Crippen molar-refractivity contribution < 1.29 is 4.18 Å². The first-order valence-electron chi connectivity index (χ1n) is 2.24. The van der Waals surface area contributed by atoms with Crippen LogP contribution < -0.4 is 0 Å². The van der Waals surface area contributed by atoms with Gasteiger partial charge in [0, 0.05) is 14.2 Å². The molecule has 0 unspecified atom stereocenters. The third-order valence-corrected chi connectivity index (χ3v) is 1.58. The monoisotopic (exact) mass is 115 g/mol. The van der Waals surface area contributed by atoms with Gasteiger partial charge in [-0.1, -0.05) is 0 Å². The van der Waals surface area contributed by atoms with Crippen LogP contribution in [-0.4, -0.2) is 20.8 Å². The summed E-state index contributed by atoms with van der Waals surface area (Å²) in [4.78, 5) is 0. The first-order valence-corrected chi connectivity index (χ1v) is 3.15. The predicted molar refractivity (Wildman–Crippen MR) is 33.4 cm³/mol. The van der Waals surface area contributed by atoms with Crippen LogP contribution in [0.2, 0.25) is 0 Å². The van der Waals surface area contributed by atoms with Gasteiger partial charge in [-0.25, -0.2) is 0 Å². The van der Waals surface area contributed by atoms with Gasteiger partial charge in [0.15, 0.2) is 0 Å². The molecule has 0 N–H and O–H groups in total. The van der Waals surface area contributed by atoms with Crippen LogP contribution in [0.4, 0.5) is 0 Å². The van der Waals surface area contributed by atoms with Gasteiger partial charge in [0.1, 0.15) is 0 Å². The number of hydrogen-bond donors (Lipinski definition) is 0. The lowest BCUT2D eigenvalue weighted by Gasteiger charge is -2.06. The molecule has 1 heterocycles. The summed E-state index contributed by atoms with van der Waals surface area (Å²) in [7, 11) is 0. The van der Waals surface area contributed by atoms with E-state index in [1.165, 1.54) is 18.6 Å². The lowest BCUT2D eigenvalue weighted by molar-refractivity contribution is 0.346. The standard InChI is InChI=1S/C4H8OS.B/c1-2-4-6-5-3-1;/h1-4H2;. The normalized spacial score (nSPS) is 20.6. The molecule has 0 amide bonds. The van der Waals surface area contributed by atoms with E-state index in [9.17, 15) is 0 Å². The Labute approximate surface area is 50.6 Å². The molecule has 0 saturated carbocycles. The molecule has 0 atom stereocenters. The molecule has 1 aliphatic rings. The van der Waals surface area contributed by atoms with Crippen molar-refractivity contribution in [3.8, 4) is 0 Å². The van der Waals surface area contributed by atoms with Gasteiger partial charge in [-0.05, 0) is 24.9 Å². The SMILES string of the molecule is C1CCSOC1.[B]. The molecule has 3 heteroatoms. The van der Waals surface area contributed by atoms with Crippen molar-refractivity contribution >= 4 is 20.5 Å². The Kier molecular flexibility index (Phi) is 4.77. The zero-order valence-corrected chi connectivity index (χ0v) is 5.04. The van der Waals surface area contributed by atoms with Gasteiger partial charge in [0.2, 0.25) is 0 Å². The van der Waals surface area contributed by atoms with Crippen molar-refractivity contribution in [2.24, 2.45) is 0 Å². The molecule has 0 aromatic rings. The summed E-state index contributed by atoms with van der Waals surface area (Å²) in [6, 6.07) is 0. The first kappa shape index (κ1) is 7.37. The van der Waals surface area contributed by atoms with Crippen LogP contribution in [0.3, 0.4) is 0 Å². The summed E-state index contributed by atoms with van der Waals surface area (Å²) < 4.78 is 4.99. The molecule has 1 rings (SSSR count). The predicted octanol–water partition coefficient (Wildman–Crippen LogP) is 1.06. The average Bonchev–Trinajstić information content (AvgIpc) is 1.72. The third kappa shape index (κ3) is 3.00. The largest absolute Gasteiger partial charge is 0.315 e. The number of hydrogen-bond acceptors (Lipinski definition) is 2. The average molecular weight is 115 g/mol. The second-order valence-corrected chi connectivity index (χ2v) is 2.23. The highest BCUT2D eigenvalue weighted by Gasteiger charge is 1.96. The van der Waals surface area contributed by atoms with Crippen molar-refractivity contribution in [3.05, 3.63) is 0 Å². The zero-order chi connectivity index (χ0) is 4.24. The van der Waals surface area contributed by atoms with Crippen LogP contribution in [0, 0.1) is 0 Å². The minimum atomic E-state index is 0. The van der Waals surface area contributed by atoms with Crippen molar-refractivity contribution in [3.63, 3.8) is 0 Å². The molecule has 0 aromatic carbocycles. The first-order chi connectivity index (χ1) is 3.00. The lowest BCUT2D eigenvalue weighted by Crippen LogP contribution is -1.95. The van der Waals surface area contributed by atoms with Crippen LogP contribution in [0.25, 0.3) is 0 Å². The van der Waals surface area contributed by atoms with Crippen LogP contribution >= 0.6 is 12.0 Å². The topological polar surface area (TPSA) is 9.23 Å². The Morgan fingerprint density at radius 1 is 1.29 bits per heavy atom. The summed E-state index contributed by atoms with van der Waals surface area (Å²) >= 11 is 1.59. The smallest absolute Gasteiger partial charge is 0.0614 e. The maximum Gasteiger partial charge on any atom is 0.0614 e. The van der Waals surface area contributed by atoms with Crippen LogP contribution in [0.15, 0.2) is 0 Å². The van der Waals surface area contributed by atoms with Crippen LogP contribution in [0.5, 0.6) is 0 Å². The molecule has 7 heavy (non-hydrogen) atoms. The quantitative estimate of drug-likeness (QED) is 0.345. The van der Waals surface area contributed by atoms with Crippen molar-refractivity contribution in [1.29, 1.82) is 0 Å². The molecular weight excluding hydrogens is 107 g/mol. The van der Waals surface area contributed by atoms with Gasteiger partial charge in [-0.3, -0.25) is 0 Å². The van der Waals surface area contributed by atoms with Gasteiger partial charge >= 0.3 is 0 Å². The molecule has 1 nitrogen and oxygen atoms in total. The zero-order valence-electron chi connectivity index (χ0n) is 4.22. The Balaban J connectivity index is 0.000000360. The third-order valence-electron chi connectivity index (χ3n) is 0.789. The fourth-order valence-electron chi connectivity index (χ4n) is 0.440. The van der Waals surface area contributed by atoms with Gasteiger partial charge in [-0.15, -0.1) is 0 Å². The van der Waals surface area contributed by atoms with E-state index in [-0.39, 0.29) is 8.41 Å². The summed E-state index contributed by atoms with van der Waals surface area (Å²) in [5, 5.41) is 0. The molecule has 1 aliphatic heterocycles. The van der Waals surface area contributed by atoms with E-state index in [4.69, 9.17) is 4.18 Å². The van der Waals surface area contributed by atoms with Gasteiger partial charge in [0.25, 0.3) is 0 Å². The summed E-state index contributed by atoms with van der Waals surface area (Å²) in [6.45, 7) is 0.963. The van der Waals surface area contributed by atoms with Gasteiger partial charge < -0.3 is 4.18 Å². The summed E-state index contributed by atoms with van der Waals surface area (Å²) in [5.41, 5.74) is 0. The van der Waals surface area contributed by atoms with E-state index in [1.54, 1.807) is 12.0 Å². The fourth-order valence-corrected chi connectivity index (χ4v) is 1.12. The Hall–Kier alpha value is 0.375. The van der Waals surface area contributed by atoms with E-state index in [0.29, 0.717) is 0 Å². The highest BCUT2D eigenvalue weighted by atomic mass is 32.2. The van der Waals surface area contributed by atoms with E-state index < -0.39 is 0 Å². The summed E-state index contributed by atoms with van der Waals surface area (Å²) in [5.74, 6) is 1.19. The van der Waals surface area contributed by atoms with Gasteiger partial charge in [-0.2, -0.15) is 0 Å². The van der Waals surface area contributed by atoms with Crippen molar-refractivity contribution in [1.82, 2.24) is 0 Å². The highest BCUT2D eigenvalue weighted by Crippen LogP contribution is 2.12. The maximum atomic E-state index is 4.99. The fraction of sp³-hybridized carbons (Fsp3) is 1.00. The molecule has 39 valence electrons. The van der Waals surface area contributed by atoms with Crippen LogP contribution in [-0.2, 0) is 4.18 Å². The number of rotatable bonds is 0. The molecule has 0 aliphatic carbocycles. The molecule has 1 fully saturated rings. The molecule has 3 radical (unpaired) electrons. The molecule has 1 saturated heterocycles. The van der Waals surface area contributed by atoms with E-state index in [1.807, 2.05) is 0 Å². The van der Waals surface area contributed by atoms with E-state index in [2.05, 4.69) is 0 Å². The Morgan fingerprint density at radius 2 is 2.14 bits per heavy atom. The molecule has 0 aromatic heterocycles. The molecule has 0 bridgehead atoms. The van der Waals surface area contributed by atoms with Crippen molar-refractivity contribution in [2.75, 3.05) is 12.4 Å². The molecular formula is C4H8BOS. The maximum absolute atomic E-state index is 4.99. The summed E-state index contributed by atoms with van der Waals surface area (Å²) in [6.07, 6.45) is 2.59. The lowest BCUT2D eigenvalue weighted by atomic mass is 10.4. The Morgan fingerprint density at radius 3 is 2.29 bits per heavy atom. The highest BCUT2D eigenvalue weighted by molar-refractivity contribution is 7.94. The van der Waals surface area contributed by atoms with Gasteiger partial charge in [0.05, 0.1) is 6.61 Å². The second-order valence-electron chi connectivity index (χ2n) is 1.35. The van der Waals surface area contributed by atoms with E-state index >= 15 is 0 Å². The minimum absolute atomic E-state index is 0. The molecule has 0 spiro atoms. The Bertz CT molecular complexity index is 27.2. The van der Waals surface area contributed by atoms with Crippen molar-refractivity contribution in [2.45, 2.75) is 12.8 Å². The van der Waals surface area contributed by atoms with E-state index in [0.717, 1.165) is 6.61 Å². The minimum Gasteiger partial charge on any atom is -0.315 e. The second kappa shape index (κ2) is 4.53. The van der Waals surface area contributed by atoms with Crippen LogP contribution in [0.1, 0.15) is 12.8 Å².